The van der Waals surface area contributed by atoms with Crippen molar-refractivity contribution in [1.82, 2.24) is 5.32 Å². The van der Waals surface area contributed by atoms with Crippen LogP contribution >= 0.6 is 12.2 Å². The lowest BCUT2D eigenvalue weighted by molar-refractivity contribution is -0.120. The van der Waals surface area contributed by atoms with Crippen molar-refractivity contribution in [2.75, 3.05) is 19.8 Å². The third-order valence-corrected chi connectivity index (χ3v) is 1.89. The summed E-state index contributed by atoms with van der Waals surface area (Å²) in [5.41, 5.74) is 5.22. The zero-order valence-corrected chi connectivity index (χ0v) is 10.2. The first-order chi connectivity index (χ1) is 7.02. The third kappa shape index (κ3) is 11.2. The second-order valence-electron chi connectivity index (χ2n) is 3.79. The molecule has 0 radical (unpaired) electrons. The first-order valence-electron chi connectivity index (χ1n) is 5.15. The van der Waals surface area contributed by atoms with Gasteiger partial charge in [-0.1, -0.05) is 26.1 Å². The minimum absolute atomic E-state index is 0.112. The van der Waals surface area contributed by atoms with E-state index in [1.165, 1.54) is 0 Å². The molecule has 0 atom stereocenters. The van der Waals surface area contributed by atoms with Gasteiger partial charge in [0.05, 0.1) is 18.0 Å². The van der Waals surface area contributed by atoms with Crippen LogP contribution in [0.4, 0.5) is 0 Å². The zero-order chi connectivity index (χ0) is 11.7. The normalized spacial score (nSPS) is 10.3. The van der Waals surface area contributed by atoms with E-state index in [2.05, 4.69) is 31.4 Å². The highest BCUT2D eigenvalue weighted by molar-refractivity contribution is 7.80. The van der Waals surface area contributed by atoms with Crippen LogP contribution in [0.2, 0.25) is 0 Å². The number of carbonyl (C=O) groups excluding carboxylic acids is 1. The van der Waals surface area contributed by atoms with E-state index in [4.69, 9.17) is 10.5 Å². The Hall–Kier alpha value is -0.680. The Morgan fingerprint density at radius 1 is 1.47 bits per heavy atom. The molecule has 0 rings (SSSR count). The topological polar surface area (TPSA) is 64.3 Å². The van der Waals surface area contributed by atoms with Crippen molar-refractivity contribution in [3.63, 3.8) is 0 Å². The van der Waals surface area contributed by atoms with Crippen molar-refractivity contribution in [3.8, 4) is 0 Å². The SMILES string of the molecule is CC(C)CCOCCNC(=O)CC(N)=S. The summed E-state index contributed by atoms with van der Waals surface area (Å²) in [5, 5.41) is 2.67. The van der Waals surface area contributed by atoms with Gasteiger partial charge in [-0.15, -0.1) is 0 Å². The second kappa shape index (κ2) is 8.61. The summed E-state index contributed by atoms with van der Waals surface area (Å²) in [6.07, 6.45) is 1.15. The molecule has 0 aliphatic rings. The van der Waals surface area contributed by atoms with Gasteiger partial charge in [-0.05, 0) is 12.3 Å². The van der Waals surface area contributed by atoms with Gasteiger partial charge in [-0.2, -0.15) is 0 Å². The zero-order valence-electron chi connectivity index (χ0n) is 9.41. The Bertz CT molecular complexity index is 208. The summed E-state index contributed by atoms with van der Waals surface area (Å²) in [5.74, 6) is 0.504. The monoisotopic (exact) mass is 232 g/mol. The fraction of sp³-hybridized carbons (Fsp3) is 0.800. The molecule has 0 saturated heterocycles. The van der Waals surface area contributed by atoms with E-state index in [0.29, 0.717) is 19.1 Å². The van der Waals surface area contributed by atoms with Gasteiger partial charge in [-0.25, -0.2) is 0 Å². The predicted octanol–water partition coefficient (Wildman–Crippen LogP) is 0.842. The molecule has 4 nitrogen and oxygen atoms in total. The highest BCUT2D eigenvalue weighted by Crippen LogP contribution is 1.98. The Labute approximate surface area is 96.5 Å². The molecule has 0 aliphatic heterocycles. The fourth-order valence-corrected chi connectivity index (χ4v) is 1.04. The third-order valence-electron chi connectivity index (χ3n) is 1.74. The Kier molecular flexibility index (Phi) is 8.22. The maximum atomic E-state index is 11.1. The Morgan fingerprint density at radius 3 is 2.67 bits per heavy atom. The number of nitrogens with two attached hydrogens (primary N) is 1. The molecule has 3 N–H and O–H groups in total. The molecule has 5 heteroatoms. The van der Waals surface area contributed by atoms with Crippen LogP contribution in [-0.2, 0) is 9.53 Å². The van der Waals surface area contributed by atoms with E-state index < -0.39 is 0 Å². The molecule has 1 amide bonds. The van der Waals surface area contributed by atoms with Crippen LogP contribution in [0.15, 0.2) is 0 Å². The molecule has 0 saturated carbocycles. The molecule has 0 fully saturated rings. The second-order valence-corrected chi connectivity index (χ2v) is 4.31. The summed E-state index contributed by atoms with van der Waals surface area (Å²) in [7, 11) is 0. The highest BCUT2D eigenvalue weighted by atomic mass is 32.1. The minimum Gasteiger partial charge on any atom is -0.393 e. The number of ether oxygens (including phenoxy) is 1. The predicted molar refractivity (Wildman–Crippen MR) is 64.7 cm³/mol. The molecule has 0 bridgehead atoms. The summed E-state index contributed by atoms with van der Waals surface area (Å²) in [6, 6.07) is 0. The van der Waals surface area contributed by atoms with Gasteiger partial charge >= 0.3 is 0 Å². The van der Waals surface area contributed by atoms with Crippen molar-refractivity contribution in [1.29, 1.82) is 0 Å². The molecular formula is C10H20N2O2S. The van der Waals surface area contributed by atoms with E-state index in [0.717, 1.165) is 13.0 Å². The maximum absolute atomic E-state index is 11.1. The molecule has 0 unspecified atom stereocenters. The van der Waals surface area contributed by atoms with Crippen molar-refractivity contribution >= 4 is 23.1 Å². The van der Waals surface area contributed by atoms with Gasteiger partial charge in [0.15, 0.2) is 0 Å². The Morgan fingerprint density at radius 2 is 2.13 bits per heavy atom. The maximum Gasteiger partial charge on any atom is 0.226 e. The highest BCUT2D eigenvalue weighted by Gasteiger charge is 2.01. The first-order valence-corrected chi connectivity index (χ1v) is 5.56. The number of rotatable bonds is 8. The molecule has 88 valence electrons. The molecule has 15 heavy (non-hydrogen) atoms. The number of hydrogen-bond donors (Lipinski definition) is 2. The van der Waals surface area contributed by atoms with Crippen LogP contribution in [0, 0.1) is 5.92 Å². The van der Waals surface area contributed by atoms with E-state index in [1.807, 2.05) is 0 Å². The van der Waals surface area contributed by atoms with Crippen LogP contribution in [0.3, 0.4) is 0 Å². The lowest BCUT2D eigenvalue weighted by Gasteiger charge is -2.07. The average Bonchev–Trinajstić information content (AvgIpc) is 2.09. The average molecular weight is 232 g/mol. The van der Waals surface area contributed by atoms with Gasteiger partial charge in [-0.3, -0.25) is 4.79 Å². The molecule has 0 aromatic heterocycles. The molecule has 0 aromatic carbocycles. The summed E-state index contributed by atoms with van der Waals surface area (Å²) >= 11 is 4.61. The first kappa shape index (κ1) is 14.3. The molecule has 0 heterocycles. The van der Waals surface area contributed by atoms with E-state index >= 15 is 0 Å². The van der Waals surface area contributed by atoms with Crippen LogP contribution in [0.25, 0.3) is 0 Å². The summed E-state index contributed by atoms with van der Waals surface area (Å²) in [6.45, 7) is 6.08. The van der Waals surface area contributed by atoms with Gasteiger partial charge < -0.3 is 15.8 Å². The Balaban J connectivity index is 3.24. The van der Waals surface area contributed by atoms with Gasteiger partial charge in [0.2, 0.25) is 5.91 Å². The lowest BCUT2D eigenvalue weighted by atomic mass is 10.1. The van der Waals surface area contributed by atoms with Crippen LogP contribution in [0.5, 0.6) is 0 Å². The van der Waals surface area contributed by atoms with Crippen molar-refractivity contribution in [3.05, 3.63) is 0 Å². The van der Waals surface area contributed by atoms with Crippen LogP contribution in [-0.4, -0.2) is 30.7 Å². The molecule has 0 spiro atoms. The van der Waals surface area contributed by atoms with Crippen molar-refractivity contribution in [2.24, 2.45) is 11.7 Å². The van der Waals surface area contributed by atoms with Crippen molar-refractivity contribution in [2.45, 2.75) is 26.7 Å². The van der Waals surface area contributed by atoms with E-state index in [-0.39, 0.29) is 17.3 Å². The van der Waals surface area contributed by atoms with E-state index in [1.54, 1.807) is 0 Å². The number of thiocarbonyl (C=S) groups is 1. The number of hydrogen-bond acceptors (Lipinski definition) is 3. The largest absolute Gasteiger partial charge is 0.393 e. The van der Waals surface area contributed by atoms with Crippen LogP contribution < -0.4 is 11.1 Å². The number of carbonyl (C=O) groups is 1. The fourth-order valence-electron chi connectivity index (χ4n) is 0.904. The smallest absolute Gasteiger partial charge is 0.226 e. The van der Waals surface area contributed by atoms with Gasteiger partial charge in [0, 0.05) is 13.2 Å². The summed E-state index contributed by atoms with van der Waals surface area (Å²) in [4.78, 5) is 11.3. The number of nitrogens with one attached hydrogen (secondary N) is 1. The quantitative estimate of drug-likeness (QED) is 0.481. The molecule has 0 aromatic rings. The summed E-state index contributed by atoms with van der Waals surface area (Å²) < 4.78 is 5.32. The van der Waals surface area contributed by atoms with Crippen LogP contribution in [0.1, 0.15) is 26.7 Å². The lowest BCUT2D eigenvalue weighted by Crippen LogP contribution is -2.30. The minimum atomic E-state index is -0.144. The van der Waals surface area contributed by atoms with Gasteiger partial charge in [0.25, 0.3) is 0 Å². The molecule has 0 aliphatic carbocycles. The van der Waals surface area contributed by atoms with Crippen molar-refractivity contribution < 1.29 is 9.53 Å². The molecular weight excluding hydrogens is 212 g/mol. The number of amides is 1. The van der Waals surface area contributed by atoms with Gasteiger partial charge in [0.1, 0.15) is 0 Å². The van der Waals surface area contributed by atoms with E-state index in [9.17, 15) is 4.79 Å². The standard InChI is InChI=1S/C10H20N2O2S/c1-8(2)3-5-14-6-4-12-10(13)7-9(11)15/h8H,3-7H2,1-2H3,(H2,11,15)(H,12,13).